The third-order valence-corrected chi connectivity index (χ3v) is 5.47. The van der Waals surface area contributed by atoms with Crippen LogP contribution < -0.4 is 4.90 Å². The van der Waals surface area contributed by atoms with Crippen molar-refractivity contribution in [2.75, 3.05) is 31.2 Å². The second-order valence-corrected chi connectivity index (χ2v) is 7.42. The number of H-pyrrole nitrogens is 1. The van der Waals surface area contributed by atoms with Gasteiger partial charge in [-0.2, -0.15) is 10.2 Å². The Morgan fingerprint density at radius 2 is 1.79 bits per heavy atom. The normalized spacial score (nSPS) is 13.7. The molecule has 1 N–H and O–H groups in total. The zero-order valence-corrected chi connectivity index (χ0v) is 18.7. The van der Waals surface area contributed by atoms with Crippen LogP contribution in [0.4, 0.5) is 5.69 Å². The minimum Gasteiger partial charge on any atom is -0.452 e. The Balaban J connectivity index is 0.00000111. The van der Waals surface area contributed by atoms with Gasteiger partial charge in [0, 0.05) is 43.2 Å². The van der Waals surface area contributed by atoms with Gasteiger partial charge in [0.1, 0.15) is 11.3 Å². The topological polar surface area (TPSA) is 85.0 Å². The summed E-state index contributed by atoms with van der Waals surface area (Å²) in [5, 5.41) is 11.6. The van der Waals surface area contributed by atoms with Crippen molar-refractivity contribution in [2.45, 2.75) is 13.8 Å². The number of ether oxygens (including phenoxy) is 1. The summed E-state index contributed by atoms with van der Waals surface area (Å²) in [6, 6.07) is 16.1. The molecule has 0 saturated carbocycles. The first-order chi connectivity index (χ1) is 16.3. The van der Waals surface area contributed by atoms with E-state index in [0.29, 0.717) is 13.2 Å². The summed E-state index contributed by atoms with van der Waals surface area (Å²) in [7, 11) is 0. The Bertz CT molecular complexity index is 1320. The number of hydrogen-bond donors (Lipinski definition) is 1. The number of furan rings is 1. The van der Waals surface area contributed by atoms with Crippen LogP contribution in [0.5, 0.6) is 0 Å². The Morgan fingerprint density at radius 1 is 0.970 bits per heavy atom. The molecule has 168 valence electrons. The van der Waals surface area contributed by atoms with E-state index in [0.717, 1.165) is 58.3 Å². The van der Waals surface area contributed by atoms with Gasteiger partial charge >= 0.3 is 0 Å². The van der Waals surface area contributed by atoms with E-state index in [9.17, 15) is 0 Å². The minimum atomic E-state index is 0.689. The van der Waals surface area contributed by atoms with E-state index in [4.69, 9.17) is 19.2 Å². The Hall–Kier alpha value is -3.91. The lowest BCUT2D eigenvalue weighted by Gasteiger charge is -2.28. The number of anilines is 1. The molecule has 0 atom stereocenters. The number of pyridine rings is 1. The highest BCUT2D eigenvalue weighted by Crippen LogP contribution is 2.34. The third kappa shape index (κ3) is 4.12. The molecule has 8 heteroatoms. The zero-order chi connectivity index (χ0) is 22.6. The SMILES string of the molecule is CC.c1ccc(-c2ccn(-c3cc(N4CCOCC4)c4oc(-c5cn[nH]c5)cc4n3)n2)cc1. The molecule has 1 fully saturated rings. The molecule has 6 rings (SSSR count). The van der Waals surface area contributed by atoms with Crippen molar-refractivity contribution < 1.29 is 9.15 Å². The van der Waals surface area contributed by atoms with Crippen molar-refractivity contribution in [2.24, 2.45) is 0 Å². The molecule has 0 unspecified atom stereocenters. The molecule has 1 aromatic carbocycles. The number of aromatic amines is 1. The summed E-state index contributed by atoms with van der Waals surface area (Å²) in [5.74, 6) is 1.48. The first-order valence-electron chi connectivity index (χ1n) is 11.2. The molecule has 5 aromatic rings. The van der Waals surface area contributed by atoms with Crippen LogP contribution in [0.25, 0.3) is 39.5 Å². The van der Waals surface area contributed by atoms with Gasteiger partial charge in [-0.3, -0.25) is 5.10 Å². The number of benzene rings is 1. The van der Waals surface area contributed by atoms with E-state index < -0.39 is 0 Å². The second-order valence-electron chi connectivity index (χ2n) is 7.42. The standard InChI is InChI=1S/C23H20N6O2.C2H6/c1-2-4-16(5-3-1)18-6-7-29(27-18)22-13-20(28-8-10-30-11-9-28)23-19(26-22)12-21(31-23)17-14-24-25-15-17;1-2/h1-7,12-15H,8-11H2,(H,24,25);1-2H3. The van der Waals surface area contributed by atoms with Gasteiger partial charge in [-0.15, -0.1) is 0 Å². The van der Waals surface area contributed by atoms with Crippen LogP contribution in [-0.4, -0.2) is 51.3 Å². The highest BCUT2D eigenvalue weighted by atomic mass is 16.5. The monoisotopic (exact) mass is 442 g/mol. The summed E-state index contributed by atoms with van der Waals surface area (Å²) < 4.78 is 13.6. The predicted molar refractivity (Wildman–Crippen MR) is 129 cm³/mol. The quantitative estimate of drug-likeness (QED) is 0.425. The van der Waals surface area contributed by atoms with E-state index in [1.807, 2.05) is 67.3 Å². The van der Waals surface area contributed by atoms with Gasteiger partial charge in [-0.25, -0.2) is 9.67 Å². The number of nitrogens with one attached hydrogen (secondary N) is 1. The smallest absolute Gasteiger partial charge is 0.176 e. The molecule has 0 bridgehead atoms. The fourth-order valence-electron chi connectivity index (χ4n) is 3.89. The molecule has 1 aliphatic rings. The van der Waals surface area contributed by atoms with E-state index in [2.05, 4.69) is 27.2 Å². The molecule has 1 aliphatic heterocycles. The molecule has 0 radical (unpaired) electrons. The van der Waals surface area contributed by atoms with E-state index in [-0.39, 0.29) is 0 Å². The molecule has 33 heavy (non-hydrogen) atoms. The highest BCUT2D eigenvalue weighted by molar-refractivity contribution is 5.91. The lowest BCUT2D eigenvalue weighted by atomic mass is 10.2. The summed E-state index contributed by atoms with van der Waals surface area (Å²) in [6.45, 7) is 6.98. The van der Waals surface area contributed by atoms with Crippen LogP contribution in [0.2, 0.25) is 0 Å². The van der Waals surface area contributed by atoms with E-state index in [1.54, 1.807) is 6.20 Å². The van der Waals surface area contributed by atoms with Gasteiger partial charge in [0.15, 0.2) is 11.4 Å². The summed E-state index contributed by atoms with van der Waals surface area (Å²) in [6.07, 6.45) is 5.50. The van der Waals surface area contributed by atoms with Gasteiger partial charge in [-0.1, -0.05) is 44.2 Å². The maximum absolute atomic E-state index is 6.23. The van der Waals surface area contributed by atoms with Crippen LogP contribution in [0.1, 0.15) is 13.8 Å². The van der Waals surface area contributed by atoms with Gasteiger partial charge in [0.05, 0.1) is 36.4 Å². The summed E-state index contributed by atoms with van der Waals surface area (Å²) >= 11 is 0. The van der Waals surface area contributed by atoms with Crippen molar-refractivity contribution in [1.82, 2.24) is 25.0 Å². The van der Waals surface area contributed by atoms with Crippen LogP contribution in [0.3, 0.4) is 0 Å². The predicted octanol–water partition coefficient (Wildman–Crippen LogP) is 4.93. The molecule has 0 aliphatic carbocycles. The lowest BCUT2D eigenvalue weighted by molar-refractivity contribution is 0.122. The van der Waals surface area contributed by atoms with Crippen LogP contribution in [0, 0.1) is 0 Å². The van der Waals surface area contributed by atoms with Gasteiger partial charge in [0.2, 0.25) is 0 Å². The van der Waals surface area contributed by atoms with Crippen LogP contribution in [-0.2, 0) is 4.74 Å². The fraction of sp³-hybridized carbons (Fsp3) is 0.240. The molecule has 0 spiro atoms. The number of fused-ring (bicyclic) bond motifs is 1. The Labute approximate surface area is 191 Å². The number of rotatable bonds is 4. The fourth-order valence-corrected chi connectivity index (χ4v) is 3.89. The summed E-state index contributed by atoms with van der Waals surface area (Å²) in [4.78, 5) is 7.14. The average Bonchev–Trinajstić information content (AvgIpc) is 3.66. The molecule has 1 saturated heterocycles. The van der Waals surface area contributed by atoms with Gasteiger partial charge < -0.3 is 14.1 Å². The average molecular weight is 443 g/mol. The zero-order valence-electron chi connectivity index (χ0n) is 18.7. The molecule has 8 nitrogen and oxygen atoms in total. The minimum absolute atomic E-state index is 0.689. The summed E-state index contributed by atoms with van der Waals surface area (Å²) in [5.41, 5.74) is 5.40. The first-order valence-corrected chi connectivity index (χ1v) is 11.2. The number of nitrogens with zero attached hydrogens (tertiary/aromatic N) is 5. The van der Waals surface area contributed by atoms with Crippen LogP contribution >= 0.6 is 0 Å². The Kier molecular flexibility index (Phi) is 5.91. The number of hydrogen-bond acceptors (Lipinski definition) is 6. The lowest BCUT2D eigenvalue weighted by Crippen LogP contribution is -2.36. The van der Waals surface area contributed by atoms with Crippen molar-refractivity contribution in [3.05, 3.63) is 67.1 Å². The van der Waals surface area contributed by atoms with E-state index in [1.165, 1.54) is 0 Å². The van der Waals surface area contributed by atoms with Crippen molar-refractivity contribution in [3.8, 4) is 28.4 Å². The van der Waals surface area contributed by atoms with Crippen molar-refractivity contribution in [3.63, 3.8) is 0 Å². The molecule has 4 aromatic heterocycles. The maximum Gasteiger partial charge on any atom is 0.176 e. The highest BCUT2D eigenvalue weighted by Gasteiger charge is 2.21. The molecule has 0 amide bonds. The van der Waals surface area contributed by atoms with Crippen molar-refractivity contribution in [1.29, 1.82) is 0 Å². The number of morpholine rings is 1. The number of aromatic nitrogens is 5. The largest absolute Gasteiger partial charge is 0.452 e. The molecular weight excluding hydrogens is 416 g/mol. The second kappa shape index (κ2) is 9.30. The van der Waals surface area contributed by atoms with Gasteiger partial charge in [-0.05, 0) is 6.07 Å². The van der Waals surface area contributed by atoms with Gasteiger partial charge in [0.25, 0.3) is 0 Å². The molecule has 5 heterocycles. The third-order valence-electron chi connectivity index (χ3n) is 5.47. The maximum atomic E-state index is 6.23. The Morgan fingerprint density at radius 3 is 2.55 bits per heavy atom. The van der Waals surface area contributed by atoms with Crippen molar-refractivity contribution >= 4 is 16.8 Å². The first kappa shape index (κ1) is 21.0. The van der Waals surface area contributed by atoms with Crippen LogP contribution in [0.15, 0.2) is 71.5 Å². The van der Waals surface area contributed by atoms with E-state index >= 15 is 0 Å². The molecular formula is C25H26N6O2.